The average Bonchev–Trinajstić information content (AvgIpc) is 2.86. The molecule has 35 heavy (non-hydrogen) atoms. The number of carbonyl (C=O) groups excluding carboxylic acids is 1. The van der Waals surface area contributed by atoms with Gasteiger partial charge in [0.2, 0.25) is 5.88 Å². The van der Waals surface area contributed by atoms with Crippen LogP contribution in [-0.2, 0) is 11.2 Å². The van der Waals surface area contributed by atoms with E-state index in [1.165, 1.54) is 31.5 Å². The van der Waals surface area contributed by atoms with Crippen LogP contribution in [0.15, 0.2) is 42.9 Å². The van der Waals surface area contributed by atoms with Gasteiger partial charge >= 0.3 is 0 Å². The summed E-state index contributed by atoms with van der Waals surface area (Å²) in [7, 11) is 0. The minimum Gasteiger partial charge on any atom is -0.477 e. The zero-order valence-corrected chi connectivity index (χ0v) is 20.3. The molecule has 1 aliphatic heterocycles. The molecule has 1 fully saturated rings. The second-order valence-electron chi connectivity index (χ2n) is 8.85. The first-order valence-corrected chi connectivity index (χ1v) is 11.8. The Morgan fingerprint density at radius 1 is 1.23 bits per heavy atom. The molecule has 3 aromatic rings. The van der Waals surface area contributed by atoms with Crippen molar-refractivity contribution in [3.05, 3.63) is 65.2 Å². The zero-order chi connectivity index (χ0) is 24.8. The van der Waals surface area contributed by atoms with Gasteiger partial charge in [-0.1, -0.05) is 0 Å². The molecule has 4 rings (SSSR count). The number of pyridine rings is 2. The van der Waals surface area contributed by atoms with E-state index in [1.54, 1.807) is 6.20 Å². The van der Waals surface area contributed by atoms with Crippen molar-refractivity contribution in [3.8, 4) is 17.1 Å². The monoisotopic (exact) mass is 479 g/mol. The highest BCUT2D eigenvalue weighted by Gasteiger charge is 2.28. The van der Waals surface area contributed by atoms with Crippen molar-refractivity contribution >= 4 is 5.91 Å². The maximum atomic E-state index is 15.4. The van der Waals surface area contributed by atoms with E-state index in [2.05, 4.69) is 25.5 Å². The Morgan fingerprint density at radius 2 is 1.97 bits per heavy atom. The first kappa shape index (κ1) is 24.7. The van der Waals surface area contributed by atoms with E-state index in [9.17, 15) is 4.79 Å². The maximum absolute atomic E-state index is 15.4. The van der Waals surface area contributed by atoms with E-state index < -0.39 is 11.7 Å². The zero-order valence-electron chi connectivity index (χ0n) is 20.3. The maximum Gasteiger partial charge on any atom is 0.253 e. The molecular weight excluding hydrogens is 449 g/mol. The lowest BCUT2D eigenvalue weighted by Gasteiger charge is -2.24. The lowest BCUT2D eigenvalue weighted by molar-refractivity contribution is 0.0759. The van der Waals surface area contributed by atoms with Gasteiger partial charge in [0.15, 0.2) is 5.79 Å². The number of nitrogens with zero attached hydrogens (tertiary/aromatic N) is 4. The van der Waals surface area contributed by atoms with E-state index in [-0.39, 0.29) is 12.3 Å². The highest BCUT2D eigenvalue weighted by atomic mass is 19.1. The van der Waals surface area contributed by atoms with E-state index >= 15 is 4.39 Å². The van der Waals surface area contributed by atoms with Crippen LogP contribution in [0, 0.1) is 6.92 Å². The summed E-state index contributed by atoms with van der Waals surface area (Å²) in [6.45, 7) is 7.04. The molecule has 1 N–H and O–H groups in total. The van der Waals surface area contributed by atoms with Crippen LogP contribution in [0.25, 0.3) is 11.3 Å². The molecule has 8 nitrogen and oxygen atoms in total. The quantitative estimate of drug-likeness (QED) is 0.484. The Hall–Kier alpha value is -3.46. The van der Waals surface area contributed by atoms with Gasteiger partial charge in [0.1, 0.15) is 0 Å². The number of halogens is 1. The molecule has 184 valence electrons. The molecule has 4 heterocycles. The van der Waals surface area contributed by atoms with Crippen molar-refractivity contribution in [3.63, 3.8) is 0 Å². The number of hydrogen-bond acceptors (Lipinski definition) is 7. The van der Waals surface area contributed by atoms with Crippen molar-refractivity contribution in [2.75, 3.05) is 19.8 Å². The second-order valence-corrected chi connectivity index (χ2v) is 8.85. The number of carbonyl (C=O) groups is 1. The van der Waals surface area contributed by atoms with Crippen molar-refractivity contribution in [1.82, 2.24) is 25.5 Å². The molecule has 0 saturated carbocycles. The van der Waals surface area contributed by atoms with E-state index in [1.807, 2.05) is 26.0 Å². The van der Waals surface area contributed by atoms with E-state index in [4.69, 9.17) is 9.47 Å². The molecule has 3 aromatic heterocycles. The molecule has 1 saturated heterocycles. The molecule has 0 aliphatic carbocycles. The topological polar surface area (TPSA) is 99.1 Å². The van der Waals surface area contributed by atoms with Crippen LogP contribution in [0.1, 0.15) is 59.8 Å². The van der Waals surface area contributed by atoms with Crippen LogP contribution < -0.4 is 10.1 Å². The summed E-state index contributed by atoms with van der Waals surface area (Å²) < 4.78 is 26.6. The van der Waals surface area contributed by atoms with Gasteiger partial charge in [-0.05, 0) is 69.4 Å². The van der Waals surface area contributed by atoms with Crippen LogP contribution in [0.5, 0.6) is 5.88 Å². The Labute approximate surface area is 204 Å². The van der Waals surface area contributed by atoms with Crippen LogP contribution in [0.2, 0.25) is 0 Å². The Morgan fingerprint density at radius 3 is 2.69 bits per heavy atom. The number of nitrogens with one attached hydrogen (secondary N) is 1. The molecular formula is C26H30FN5O3. The summed E-state index contributed by atoms with van der Waals surface area (Å²) in [4.78, 5) is 20.8. The molecule has 0 spiro atoms. The van der Waals surface area contributed by atoms with Crippen LogP contribution in [0.3, 0.4) is 0 Å². The molecule has 9 heteroatoms. The predicted octanol–water partition coefficient (Wildman–Crippen LogP) is 4.19. The summed E-state index contributed by atoms with van der Waals surface area (Å²) in [5.41, 5.74) is 4.16. The highest BCUT2D eigenvalue weighted by molar-refractivity contribution is 5.94. The van der Waals surface area contributed by atoms with Crippen molar-refractivity contribution in [2.45, 2.75) is 51.7 Å². The normalized spacial score (nSPS) is 15.9. The summed E-state index contributed by atoms with van der Waals surface area (Å²) in [5, 5.41) is 11.2. The van der Waals surface area contributed by atoms with Crippen LogP contribution >= 0.6 is 0 Å². The summed E-state index contributed by atoms with van der Waals surface area (Å²) in [6.07, 6.45) is 6.33. The van der Waals surface area contributed by atoms with Crippen molar-refractivity contribution in [2.24, 2.45) is 0 Å². The molecule has 1 unspecified atom stereocenters. The number of rotatable bonds is 8. The fourth-order valence-corrected chi connectivity index (χ4v) is 4.25. The first-order chi connectivity index (χ1) is 16.9. The number of aromatic nitrogens is 4. The number of ether oxygens (including phenoxy) is 2. The Kier molecular flexibility index (Phi) is 7.65. The fourth-order valence-electron chi connectivity index (χ4n) is 4.25. The third-order valence-electron chi connectivity index (χ3n) is 6.00. The molecule has 0 radical (unpaired) electrons. The smallest absolute Gasteiger partial charge is 0.253 e. The third-order valence-corrected chi connectivity index (χ3v) is 6.00. The molecule has 1 aliphatic rings. The van der Waals surface area contributed by atoms with Crippen LogP contribution in [-0.4, -0.2) is 51.7 Å². The van der Waals surface area contributed by atoms with Crippen molar-refractivity contribution < 1.29 is 18.7 Å². The minimum absolute atomic E-state index is 0.0542. The minimum atomic E-state index is -1.98. The summed E-state index contributed by atoms with van der Waals surface area (Å²) in [5.74, 6) is -1.67. The van der Waals surface area contributed by atoms with E-state index in [0.29, 0.717) is 42.5 Å². The van der Waals surface area contributed by atoms with Crippen molar-refractivity contribution in [1.29, 1.82) is 0 Å². The summed E-state index contributed by atoms with van der Waals surface area (Å²) >= 11 is 0. The van der Waals surface area contributed by atoms with Gasteiger partial charge in [-0.3, -0.25) is 14.8 Å². The van der Waals surface area contributed by atoms with Gasteiger partial charge in [-0.15, -0.1) is 10.2 Å². The van der Waals surface area contributed by atoms with Gasteiger partial charge in [-0.25, -0.2) is 4.39 Å². The average molecular weight is 480 g/mol. The highest BCUT2D eigenvalue weighted by Crippen LogP contribution is 2.35. The first-order valence-electron chi connectivity index (χ1n) is 11.8. The Balaban J connectivity index is 1.58. The van der Waals surface area contributed by atoms with Gasteiger partial charge in [0, 0.05) is 60.6 Å². The standard InChI is InChI=1S/C26H30FN5O3/c1-4-35-25-22(19-7-11-34-12-8-19)14-23(31-32-25)21-13-18(16-29-17(21)2)15-26(3,27)30-24(33)20-5-9-28-10-6-20/h5-6,9-10,13-14,16,19H,4,7-8,11-12,15H2,1-3H3,(H,30,33). The van der Waals surface area contributed by atoms with Crippen LogP contribution in [0.4, 0.5) is 4.39 Å². The lowest BCUT2D eigenvalue weighted by atomic mass is 9.91. The number of aryl methyl sites for hydroxylation is 1. The summed E-state index contributed by atoms with van der Waals surface area (Å²) in [6, 6.07) is 6.94. The Bertz CT molecular complexity index is 1170. The number of alkyl halides is 1. The lowest BCUT2D eigenvalue weighted by Crippen LogP contribution is -2.44. The van der Waals surface area contributed by atoms with E-state index in [0.717, 1.165) is 29.7 Å². The largest absolute Gasteiger partial charge is 0.477 e. The fraction of sp³-hybridized carbons (Fsp3) is 0.423. The number of amides is 1. The molecule has 0 bridgehead atoms. The van der Waals surface area contributed by atoms with Gasteiger partial charge in [0.25, 0.3) is 5.91 Å². The SMILES string of the molecule is CCOc1nnc(-c2cc(CC(C)(F)NC(=O)c3ccncc3)cnc2C)cc1C1CCOCC1. The second kappa shape index (κ2) is 10.9. The molecule has 1 amide bonds. The predicted molar refractivity (Wildman–Crippen MR) is 129 cm³/mol. The third kappa shape index (κ3) is 6.16. The van der Waals surface area contributed by atoms with Gasteiger partial charge < -0.3 is 14.8 Å². The molecule has 1 atom stereocenters. The molecule has 0 aromatic carbocycles. The van der Waals surface area contributed by atoms with Gasteiger partial charge in [-0.2, -0.15) is 0 Å². The van der Waals surface area contributed by atoms with Gasteiger partial charge in [0.05, 0.1) is 12.3 Å². The number of hydrogen-bond donors (Lipinski definition) is 1.